The average Bonchev–Trinajstić information content (AvgIpc) is 2.77. The van der Waals surface area contributed by atoms with Crippen LogP contribution in [0.25, 0.3) is 0 Å². The monoisotopic (exact) mass is 445 g/mol. The summed E-state index contributed by atoms with van der Waals surface area (Å²) in [6, 6.07) is 10.9. The number of hydrogen-bond acceptors (Lipinski definition) is 4. The Hall–Kier alpha value is -3.33. The molecule has 0 spiro atoms. The van der Waals surface area contributed by atoms with Crippen LogP contribution in [0.1, 0.15) is 30.9 Å². The number of halogens is 2. The second kappa shape index (κ2) is 12.5. The Balaban J connectivity index is 1.99. The van der Waals surface area contributed by atoms with Crippen LogP contribution in [-0.2, 0) is 22.6 Å². The van der Waals surface area contributed by atoms with Crippen molar-refractivity contribution < 1.29 is 18.4 Å². The predicted molar refractivity (Wildman–Crippen MR) is 120 cm³/mol. The fourth-order valence-electron chi connectivity index (χ4n) is 3.02. The molecule has 2 rings (SSSR count). The zero-order chi connectivity index (χ0) is 23.5. The Kier molecular flexibility index (Phi) is 9.75. The molecule has 9 heteroatoms. The second-order valence-electron chi connectivity index (χ2n) is 7.49. The van der Waals surface area contributed by atoms with Crippen LogP contribution in [0.4, 0.5) is 8.78 Å². The van der Waals surface area contributed by atoms with E-state index in [1.807, 2.05) is 30.3 Å². The molecule has 0 aliphatic heterocycles. The van der Waals surface area contributed by atoms with Gasteiger partial charge in [-0.15, -0.1) is 0 Å². The van der Waals surface area contributed by atoms with E-state index in [9.17, 15) is 18.4 Å². The summed E-state index contributed by atoms with van der Waals surface area (Å²) in [5, 5.41) is 5.47. The molecule has 2 atom stereocenters. The summed E-state index contributed by atoms with van der Waals surface area (Å²) in [6.07, 6.45) is 0.857. The molecule has 0 saturated heterocycles. The second-order valence-corrected chi connectivity index (χ2v) is 7.49. The maximum atomic E-state index is 13.4. The maximum Gasteiger partial charge on any atom is 0.242 e. The normalized spacial score (nSPS) is 13.3. The van der Waals surface area contributed by atoms with Crippen molar-refractivity contribution in [1.29, 1.82) is 0 Å². The molecular weight excluding hydrogens is 416 g/mol. The zero-order valence-corrected chi connectivity index (χ0v) is 18.0. The van der Waals surface area contributed by atoms with Crippen LogP contribution < -0.4 is 22.1 Å². The molecule has 7 nitrogen and oxygen atoms in total. The van der Waals surface area contributed by atoms with Gasteiger partial charge in [0.05, 0.1) is 11.9 Å². The third-order valence-corrected chi connectivity index (χ3v) is 4.73. The highest BCUT2D eigenvalue weighted by Crippen LogP contribution is 2.10. The molecule has 0 radical (unpaired) electrons. The molecule has 0 fully saturated rings. The first kappa shape index (κ1) is 24.9. The topological polar surface area (TPSA) is 123 Å². The van der Waals surface area contributed by atoms with Crippen LogP contribution in [0.15, 0.2) is 53.5 Å². The van der Waals surface area contributed by atoms with Crippen molar-refractivity contribution in [3.05, 3.63) is 71.3 Å². The number of rotatable bonds is 11. The lowest BCUT2D eigenvalue weighted by molar-refractivity contribution is -0.129. The van der Waals surface area contributed by atoms with E-state index in [1.54, 1.807) is 6.92 Å². The molecule has 2 aromatic carbocycles. The van der Waals surface area contributed by atoms with Crippen molar-refractivity contribution in [3.63, 3.8) is 0 Å². The largest absolute Gasteiger partial charge is 0.388 e. The van der Waals surface area contributed by atoms with E-state index in [4.69, 9.17) is 11.5 Å². The summed E-state index contributed by atoms with van der Waals surface area (Å²) in [5.41, 5.74) is 12.8. The van der Waals surface area contributed by atoms with Gasteiger partial charge in [0, 0.05) is 13.1 Å². The van der Waals surface area contributed by atoms with Gasteiger partial charge < -0.3 is 22.1 Å². The fraction of sp³-hybridized carbons (Fsp3) is 0.348. The van der Waals surface area contributed by atoms with E-state index in [0.29, 0.717) is 37.3 Å². The number of nitrogens with one attached hydrogen (secondary N) is 2. The molecule has 0 bridgehead atoms. The van der Waals surface area contributed by atoms with Crippen molar-refractivity contribution in [3.8, 4) is 0 Å². The number of carbonyl (C=O) groups excluding carboxylic acids is 2. The van der Waals surface area contributed by atoms with Gasteiger partial charge in [0.2, 0.25) is 11.8 Å². The first-order chi connectivity index (χ1) is 15.3. The van der Waals surface area contributed by atoms with Gasteiger partial charge in [-0.05, 0) is 49.4 Å². The van der Waals surface area contributed by atoms with E-state index in [-0.39, 0.29) is 12.3 Å². The van der Waals surface area contributed by atoms with Crippen LogP contribution in [0.2, 0.25) is 0 Å². The minimum absolute atomic E-state index is 0.00194. The van der Waals surface area contributed by atoms with Gasteiger partial charge in [-0.2, -0.15) is 0 Å². The molecule has 172 valence electrons. The van der Waals surface area contributed by atoms with Crippen molar-refractivity contribution in [2.45, 2.75) is 44.8 Å². The summed E-state index contributed by atoms with van der Waals surface area (Å²) in [6.45, 7) is 2.40. The Morgan fingerprint density at radius 1 is 1.03 bits per heavy atom. The lowest BCUT2D eigenvalue weighted by atomic mass is 10.0. The van der Waals surface area contributed by atoms with Gasteiger partial charge in [0.25, 0.3) is 0 Å². The molecule has 6 N–H and O–H groups in total. The number of nitrogens with two attached hydrogens (primary N) is 2. The van der Waals surface area contributed by atoms with Gasteiger partial charge in [-0.25, -0.2) is 8.78 Å². The van der Waals surface area contributed by atoms with E-state index in [1.165, 1.54) is 6.07 Å². The van der Waals surface area contributed by atoms with Gasteiger partial charge >= 0.3 is 0 Å². The van der Waals surface area contributed by atoms with Crippen LogP contribution in [0.5, 0.6) is 0 Å². The van der Waals surface area contributed by atoms with E-state index in [2.05, 4.69) is 15.6 Å². The Bertz CT molecular complexity index is 933. The number of aliphatic imine (C=N–C) groups is 1. The molecule has 0 unspecified atom stereocenters. The first-order valence-electron chi connectivity index (χ1n) is 10.3. The van der Waals surface area contributed by atoms with E-state index >= 15 is 0 Å². The summed E-state index contributed by atoms with van der Waals surface area (Å²) in [5.74, 6) is -2.46. The zero-order valence-electron chi connectivity index (χ0n) is 18.0. The Morgan fingerprint density at radius 2 is 1.75 bits per heavy atom. The predicted octanol–water partition coefficient (Wildman–Crippen LogP) is 1.79. The number of carbonyl (C=O) groups is 2. The standard InChI is InChI=1S/C23H29F2N5O2/c1-15(26)28-11-5-8-21(23(32)29-14-16-6-3-2-4-7-16)30-22(31)20(27)13-17-9-10-18(24)19(25)12-17/h2-4,6-7,9-10,12,20-21H,5,8,11,13-14,27H2,1H3,(H2,26,28)(H,29,32)(H,30,31)/t20-,21-/m0/s1. The third kappa shape index (κ3) is 8.43. The molecule has 0 aliphatic carbocycles. The number of amides is 2. The SMILES string of the molecule is CC(N)=NCCC[C@H](NC(=O)[C@@H](N)Cc1ccc(F)c(F)c1)C(=O)NCc1ccccc1. The maximum absolute atomic E-state index is 13.4. The molecule has 32 heavy (non-hydrogen) atoms. The van der Waals surface area contributed by atoms with Crippen LogP contribution in [-0.4, -0.2) is 36.3 Å². The Labute approximate surface area is 186 Å². The molecule has 2 amide bonds. The van der Waals surface area contributed by atoms with Crippen LogP contribution in [0, 0.1) is 11.6 Å². The number of hydrogen-bond donors (Lipinski definition) is 4. The highest BCUT2D eigenvalue weighted by atomic mass is 19.2. The molecule has 0 heterocycles. The minimum atomic E-state index is -1.03. The summed E-state index contributed by atoms with van der Waals surface area (Å²) in [7, 11) is 0. The summed E-state index contributed by atoms with van der Waals surface area (Å²) >= 11 is 0. The smallest absolute Gasteiger partial charge is 0.242 e. The number of amidine groups is 1. The van der Waals surface area contributed by atoms with Gasteiger partial charge in [-0.1, -0.05) is 36.4 Å². The van der Waals surface area contributed by atoms with Crippen molar-refractivity contribution in [2.24, 2.45) is 16.5 Å². The quantitative estimate of drug-likeness (QED) is 0.239. The molecular formula is C23H29F2N5O2. The van der Waals surface area contributed by atoms with Crippen molar-refractivity contribution >= 4 is 17.6 Å². The molecule has 0 saturated carbocycles. The van der Waals surface area contributed by atoms with Gasteiger partial charge in [-0.3, -0.25) is 14.6 Å². The number of nitrogens with zero attached hydrogens (tertiary/aromatic N) is 1. The molecule has 2 aromatic rings. The van der Waals surface area contributed by atoms with Crippen molar-refractivity contribution in [1.82, 2.24) is 10.6 Å². The van der Waals surface area contributed by atoms with E-state index in [0.717, 1.165) is 17.7 Å². The average molecular weight is 446 g/mol. The van der Waals surface area contributed by atoms with Crippen molar-refractivity contribution in [2.75, 3.05) is 6.54 Å². The van der Waals surface area contributed by atoms with Gasteiger partial charge in [0.15, 0.2) is 11.6 Å². The van der Waals surface area contributed by atoms with Crippen LogP contribution >= 0.6 is 0 Å². The van der Waals surface area contributed by atoms with Gasteiger partial charge in [0.1, 0.15) is 6.04 Å². The lowest BCUT2D eigenvalue weighted by Crippen LogP contribution is -2.52. The highest BCUT2D eigenvalue weighted by molar-refractivity contribution is 5.89. The molecule has 0 aliphatic rings. The molecule has 0 aromatic heterocycles. The van der Waals surface area contributed by atoms with Crippen LogP contribution in [0.3, 0.4) is 0 Å². The lowest BCUT2D eigenvalue weighted by Gasteiger charge is -2.21. The first-order valence-corrected chi connectivity index (χ1v) is 10.3. The summed E-state index contributed by atoms with van der Waals surface area (Å²) < 4.78 is 26.5. The highest BCUT2D eigenvalue weighted by Gasteiger charge is 2.24. The summed E-state index contributed by atoms with van der Waals surface area (Å²) in [4.78, 5) is 29.4. The van der Waals surface area contributed by atoms with E-state index < -0.39 is 29.6 Å². The number of benzene rings is 2. The fourth-order valence-corrected chi connectivity index (χ4v) is 3.02. The third-order valence-electron chi connectivity index (χ3n) is 4.73. The Morgan fingerprint density at radius 3 is 2.41 bits per heavy atom. The minimum Gasteiger partial charge on any atom is -0.388 e.